The number of hydrogen-bond donors (Lipinski definition) is 1. The van der Waals surface area contributed by atoms with Gasteiger partial charge in [-0.05, 0) is 56.4 Å². The van der Waals surface area contributed by atoms with Crippen molar-refractivity contribution < 1.29 is 17.9 Å². The molecule has 1 aromatic rings. The minimum atomic E-state index is -3.75. The Bertz CT molecular complexity index is 695. The molecule has 1 aromatic carbocycles. The molecule has 0 saturated carbocycles. The van der Waals surface area contributed by atoms with Crippen LogP contribution in [0, 0.1) is 12.8 Å². The molecule has 1 saturated heterocycles. The molecule has 0 spiro atoms. The maximum Gasteiger partial charge on any atom is 0.241 e. The summed E-state index contributed by atoms with van der Waals surface area (Å²) < 4.78 is 32.7. The van der Waals surface area contributed by atoms with Crippen LogP contribution in [0.2, 0.25) is 0 Å². The Balaban J connectivity index is 2.08. The number of hydrogen-bond acceptors (Lipinski definition) is 4. The zero-order valence-corrected chi connectivity index (χ0v) is 15.5. The molecule has 0 unspecified atom stereocenters. The molecule has 0 aliphatic carbocycles. The van der Waals surface area contributed by atoms with E-state index >= 15 is 0 Å². The van der Waals surface area contributed by atoms with Crippen LogP contribution in [0.1, 0.15) is 32.3 Å². The zero-order chi connectivity index (χ0) is 17.9. The Morgan fingerprint density at radius 1 is 1.33 bits per heavy atom. The highest BCUT2D eigenvalue weighted by Crippen LogP contribution is 2.22. The van der Waals surface area contributed by atoms with Crippen molar-refractivity contribution in [2.24, 2.45) is 5.92 Å². The molecule has 1 aliphatic rings. The highest BCUT2D eigenvalue weighted by Gasteiger charge is 2.28. The molecule has 1 fully saturated rings. The van der Waals surface area contributed by atoms with Crippen LogP contribution in [0.3, 0.4) is 0 Å². The minimum Gasteiger partial charge on any atom is -0.496 e. The van der Waals surface area contributed by atoms with Crippen LogP contribution in [0.4, 0.5) is 0 Å². The molecule has 1 atom stereocenters. The fourth-order valence-electron chi connectivity index (χ4n) is 2.87. The van der Waals surface area contributed by atoms with E-state index in [0.717, 1.165) is 18.4 Å². The first-order valence-corrected chi connectivity index (χ1v) is 9.68. The first-order valence-electron chi connectivity index (χ1n) is 8.20. The summed E-state index contributed by atoms with van der Waals surface area (Å²) in [5, 5.41) is 0. The summed E-state index contributed by atoms with van der Waals surface area (Å²) in [4.78, 5) is 14.3. The molecule has 1 heterocycles. The molecule has 134 valence electrons. The number of sulfonamides is 1. The lowest BCUT2D eigenvalue weighted by atomic mass is 9.99. The third-order valence-electron chi connectivity index (χ3n) is 4.47. The van der Waals surface area contributed by atoms with Crippen molar-refractivity contribution in [2.45, 2.75) is 44.6 Å². The topological polar surface area (TPSA) is 75.7 Å². The van der Waals surface area contributed by atoms with Gasteiger partial charge in [-0.3, -0.25) is 4.79 Å². The van der Waals surface area contributed by atoms with Crippen molar-refractivity contribution >= 4 is 15.9 Å². The van der Waals surface area contributed by atoms with E-state index in [9.17, 15) is 13.2 Å². The molecule has 1 aliphatic heterocycles. The lowest BCUT2D eigenvalue weighted by Crippen LogP contribution is -2.49. The van der Waals surface area contributed by atoms with Crippen molar-refractivity contribution in [2.75, 3.05) is 20.2 Å². The number of nitrogens with zero attached hydrogens (tertiary/aromatic N) is 1. The Labute approximate surface area is 144 Å². The number of benzene rings is 1. The van der Waals surface area contributed by atoms with Crippen molar-refractivity contribution in [3.8, 4) is 5.75 Å². The van der Waals surface area contributed by atoms with Crippen LogP contribution in [0.15, 0.2) is 23.1 Å². The molecular formula is C17H26N2O4S. The van der Waals surface area contributed by atoms with Gasteiger partial charge in [0.25, 0.3) is 0 Å². The third kappa shape index (κ3) is 4.27. The van der Waals surface area contributed by atoms with Crippen LogP contribution in [-0.2, 0) is 14.8 Å². The monoisotopic (exact) mass is 354 g/mol. The first-order chi connectivity index (χ1) is 11.2. The summed E-state index contributed by atoms with van der Waals surface area (Å²) in [7, 11) is -2.22. The number of likely N-dealkylation sites (tertiary alicyclic amines) is 1. The summed E-state index contributed by atoms with van der Waals surface area (Å²) in [5.74, 6) is 1.07. The Morgan fingerprint density at radius 2 is 1.96 bits per heavy atom. The molecule has 2 rings (SSSR count). The van der Waals surface area contributed by atoms with Gasteiger partial charge in [0, 0.05) is 13.1 Å². The van der Waals surface area contributed by atoms with Gasteiger partial charge in [0.05, 0.1) is 18.0 Å². The predicted octanol–water partition coefficient (Wildman–Crippen LogP) is 1.93. The molecule has 0 bridgehead atoms. The SMILES string of the molecule is COc1ccc(S(=O)(=O)N[C@H](C)C(=O)N2CCC(C)CC2)cc1C. The number of nitrogens with one attached hydrogen (secondary N) is 1. The second-order valence-electron chi connectivity index (χ2n) is 6.48. The Morgan fingerprint density at radius 3 is 2.50 bits per heavy atom. The molecule has 1 amide bonds. The summed E-state index contributed by atoms with van der Waals surface area (Å²) >= 11 is 0. The van der Waals surface area contributed by atoms with Crippen LogP contribution < -0.4 is 9.46 Å². The van der Waals surface area contributed by atoms with E-state index in [1.54, 1.807) is 30.9 Å². The molecule has 1 N–H and O–H groups in total. The maximum atomic E-state index is 12.5. The summed E-state index contributed by atoms with van der Waals surface area (Å²) in [6, 6.07) is 3.85. The van der Waals surface area contributed by atoms with E-state index in [0.29, 0.717) is 24.8 Å². The molecule has 0 radical (unpaired) electrons. The van der Waals surface area contributed by atoms with E-state index in [2.05, 4.69) is 11.6 Å². The standard InChI is InChI=1S/C17H26N2O4S/c1-12-7-9-19(10-8-12)17(20)14(3)18-24(21,22)15-5-6-16(23-4)13(2)11-15/h5-6,11-12,14,18H,7-10H2,1-4H3/t14-/m1/s1. The number of aryl methyl sites for hydroxylation is 1. The fourth-order valence-corrected chi connectivity index (χ4v) is 4.15. The number of amides is 1. The van der Waals surface area contributed by atoms with Crippen molar-refractivity contribution in [1.82, 2.24) is 9.62 Å². The highest BCUT2D eigenvalue weighted by molar-refractivity contribution is 7.89. The second kappa shape index (κ2) is 7.53. The lowest BCUT2D eigenvalue weighted by molar-refractivity contribution is -0.133. The van der Waals surface area contributed by atoms with Gasteiger partial charge < -0.3 is 9.64 Å². The Kier molecular flexibility index (Phi) is 5.87. The molecule has 7 heteroatoms. The number of methoxy groups -OCH3 is 1. The van der Waals surface area contributed by atoms with Gasteiger partial charge in [0.1, 0.15) is 5.75 Å². The van der Waals surface area contributed by atoms with Gasteiger partial charge in [-0.1, -0.05) is 6.92 Å². The quantitative estimate of drug-likeness (QED) is 0.877. The number of piperidine rings is 1. The average Bonchev–Trinajstić information content (AvgIpc) is 2.54. The number of carbonyl (C=O) groups excluding carboxylic acids is 1. The van der Waals surface area contributed by atoms with Gasteiger partial charge in [-0.2, -0.15) is 4.72 Å². The maximum absolute atomic E-state index is 12.5. The van der Waals surface area contributed by atoms with Crippen LogP contribution in [0.5, 0.6) is 5.75 Å². The van der Waals surface area contributed by atoms with Crippen LogP contribution in [0.25, 0.3) is 0 Å². The molecule has 0 aromatic heterocycles. The molecule has 6 nitrogen and oxygen atoms in total. The summed E-state index contributed by atoms with van der Waals surface area (Å²) in [6.45, 7) is 6.91. The first kappa shape index (κ1) is 18.7. The van der Waals surface area contributed by atoms with E-state index in [-0.39, 0.29) is 10.8 Å². The zero-order valence-electron chi connectivity index (χ0n) is 14.7. The van der Waals surface area contributed by atoms with Gasteiger partial charge in [0.2, 0.25) is 15.9 Å². The van der Waals surface area contributed by atoms with E-state index in [1.165, 1.54) is 13.2 Å². The normalized spacial score (nSPS) is 17.6. The van der Waals surface area contributed by atoms with E-state index in [4.69, 9.17) is 4.74 Å². The fraction of sp³-hybridized carbons (Fsp3) is 0.588. The van der Waals surface area contributed by atoms with Crippen molar-refractivity contribution in [3.05, 3.63) is 23.8 Å². The molecule has 24 heavy (non-hydrogen) atoms. The number of carbonyl (C=O) groups is 1. The predicted molar refractivity (Wildman–Crippen MR) is 92.5 cm³/mol. The highest BCUT2D eigenvalue weighted by atomic mass is 32.2. The Hall–Kier alpha value is -1.60. The van der Waals surface area contributed by atoms with E-state index < -0.39 is 16.1 Å². The largest absolute Gasteiger partial charge is 0.496 e. The average molecular weight is 354 g/mol. The van der Waals surface area contributed by atoms with Gasteiger partial charge in [-0.25, -0.2) is 8.42 Å². The van der Waals surface area contributed by atoms with Crippen molar-refractivity contribution in [3.63, 3.8) is 0 Å². The summed E-state index contributed by atoms with van der Waals surface area (Å²) in [5.41, 5.74) is 0.726. The van der Waals surface area contributed by atoms with Gasteiger partial charge in [0.15, 0.2) is 0 Å². The second-order valence-corrected chi connectivity index (χ2v) is 8.20. The van der Waals surface area contributed by atoms with Gasteiger partial charge >= 0.3 is 0 Å². The number of rotatable bonds is 5. The minimum absolute atomic E-state index is 0.132. The summed E-state index contributed by atoms with van der Waals surface area (Å²) in [6.07, 6.45) is 1.92. The van der Waals surface area contributed by atoms with E-state index in [1.807, 2.05) is 0 Å². The van der Waals surface area contributed by atoms with Crippen LogP contribution in [-0.4, -0.2) is 45.5 Å². The number of ether oxygens (including phenoxy) is 1. The van der Waals surface area contributed by atoms with Crippen LogP contribution >= 0.6 is 0 Å². The van der Waals surface area contributed by atoms with Crippen molar-refractivity contribution in [1.29, 1.82) is 0 Å². The van der Waals surface area contributed by atoms with Gasteiger partial charge in [-0.15, -0.1) is 0 Å². The third-order valence-corrected chi connectivity index (χ3v) is 6.01. The molecular weight excluding hydrogens is 328 g/mol. The lowest BCUT2D eigenvalue weighted by Gasteiger charge is -2.32. The smallest absolute Gasteiger partial charge is 0.241 e.